The van der Waals surface area contributed by atoms with Gasteiger partial charge in [-0.2, -0.15) is 5.06 Å². The molecule has 17 heteroatoms. The maximum atomic E-state index is 14.4. The number of nitrogens with zero attached hydrogens (tertiary/aromatic N) is 3. The van der Waals surface area contributed by atoms with Crippen molar-refractivity contribution in [3.8, 4) is 0 Å². The number of sulfonamides is 1. The summed E-state index contributed by atoms with van der Waals surface area (Å²) >= 11 is 0. The normalized spacial score (nSPS) is 28.2. The van der Waals surface area contributed by atoms with Gasteiger partial charge in [0.15, 0.2) is 17.4 Å². The first-order valence-corrected chi connectivity index (χ1v) is 21.2. The van der Waals surface area contributed by atoms with Gasteiger partial charge in [-0.15, -0.1) is 0 Å². The van der Waals surface area contributed by atoms with E-state index in [2.05, 4.69) is 32.6 Å². The van der Waals surface area contributed by atoms with Crippen LogP contribution in [0.1, 0.15) is 93.2 Å². The van der Waals surface area contributed by atoms with Gasteiger partial charge < -0.3 is 29.5 Å². The van der Waals surface area contributed by atoms with Gasteiger partial charge in [-0.1, -0.05) is 54.4 Å². The number of fused-ring (bicyclic) bond motifs is 3. The van der Waals surface area contributed by atoms with Gasteiger partial charge in [0.25, 0.3) is 15.9 Å². The molecule has 0 bridgehead atoms. The van der Waals surface area contributed by atoms with Gasteiger partial charge in [0.2, 0.25) is 11.8 Å². The molecule has 2 saturated carbocycles. The van der Waals surface area contributed by atoms with E-state index < -0.39 is 63.5 Å². The molecule has 1 aromatic heterocycles. The fourth-order valence-electron chi connectivity index (χ4n) is 8.44. The highest BCUT2D eigenvalue weighted by Crippen LogP contribution is 2.46. The Bertz CT molecular complexity index is 1910. The van der Waals surface area contributed by atoms with Crippen LogP contribution in [-0.2, 0) is 51.7 Å². The first kappa shape index (κ1) is 39.9. The number of benzene rings is 1. The van der Waals surface area contributed by atoms with Gasteiger partial charge >= 0.3 is 6.09 Å². The van der Waals surface area contributed by atoms with Crippen molar-refractivity contribution >= 4 is 33.8 Å². The molecule has 5 atom stereocenters. The minimum atomic E-state index is -4.41. The zero-order valence-corrected chi connectivity index (χ0v) is 32.8. The summed E-state index contributed by atoms with van der Waals surface area (Å²) in [6.45, 7) is 4.08. The smallest absolute Gasteiger partial charge is 0.408 e. The molecule has 0 radical (unpaired) electrons. The zero-order chi connectivity index (χ0) is 39.5. The van der Waals surface area contributed by atoms with Crippen molar-refractivity contribution in [2.45, 2.75) is 132 Å². The third-order valence-electron chi connectivity index (χ3n) is 11.6. The van der Waals surface area contributed by atoms with Crippen LogP contribution in [0.25, 0.3) is 0 Å². The van der Waals surface area contributed by atoms with Crippen molar-refractivity contribution < 1.29 is 46.4 Å². The second kappa shape index (κ2) is 17.0. The molecule has 2 aliphatic carbocycles. The van der Waals surface area contributed by atoms with Crippen LogP contribution < -0.4 is 15.4 Å². The molecule has 304 valence electrons. The van der Waals surface area contributed by atoms with Crippen LogP contribution in [0.5, 0.6) is 0 Å². The van der Waals surface area contributed by atoms with E-state index in [4.69, 9.17) is 18.8 Å². The number of rotatable bonds is 9. The fraction of sp³-hybridized carbons (Fsp3) is 0.615. The number of alkyl carbamates (subject to hydrolysis) is 1. The first-order chi connectivity index (χ1) is 26.9. The lowest BCUT2D eigenvalue weighted by atomic mass is 10.0. The Morgan fingerprint density at radius 1 is 1.04 bits per heavy atom. The molecule has 3 aliphatic heterocycles. The molecule has 0 unspecified atom stereocenters. The number of aromatic nitrogens is 1. The third-order valence-corrected chi connectivity index (χ3v) is 13.2. The van der Waals surface area contributed by atoms with Crippen molar-refractivity contribution in [2.24, 2.45) is 5.92 Å². The van der Waals surface area contributed by atoms with Crippen molar-refractivity contribution in [1.82, 2.24) is 30.5 Å². The molecular weight excluding hydrogens is 745 g/mol. The van der Waals surface area contributed by atoms with E-state index in [-0.39, 0.29) is 48.6 Å². The van der Waals surface area contributed by atoms with E-state index in [0.29, 0.717) is 32.4 Å². The standard InChI is InChI=1S/C39H52N6O10S/c1-25-34(26(2)55-42-25)56(50,51)43-37(48)39-21-29(39)14-6-4-3-5-7-17-32(40-38(49)54-30-15-10-11-16-30)36(47)45-23-31(20-33(45)35(46)41-39)52-24-53-44-19-18-27-12-8-9-13-28(27)22-44/h6,8-9,12-14,29-33H,3-5,7,10-11,15-24H2,1-2H3,(H,40,49)(H,41,46)(H,43,48)/b14-6-/t29-,31-,32+,33+,39-/m1/s1. The lowest BCUT2D eigenvalue weighted by Gasteiger charge is -2.30. The Kier molecular flexibility index (Phi) is 12.1. The van der Waals surface area contributed by atoms with Crippen molar-refractivity contribution in [3.63, 3.8) is 0 Å². The summed E-state index contributed by atoms with van der Waals surface area (Å²) in [7, 11) is -4.41. The SMILES string of the molecule is Cc1noc(C)c1S(=O)(=O)NC(=O)[C@@]12C[C@H]1/C=C\CCCCC[C@H](NC(=O)OC1CCCC1)C(=O)N1C[C@H](OCON3CCc4ccccc4C3)C[C@H]1C(=O)N2. The Balaban J connectivity index is 1.10. The molecule has 7 rings (SSSR count). The second-order valence-electron chi connectivity index (χ2n) is 15.6. The number of hydrogen-bond donors (Lipinski definition) is 3. The van der Waals surface area contributed by atoms with Gasteiger partial charge in [-0.25, -0.2) is 17.9 Å². The number of ether oxygens (including phenoxy) is 2. The zero-order valence-electron chi connectivity index (χ0n) is 32.0. The summed E-state index contributed by atoms with van der Waals surface area (Å²) in [4.78, 5) is 63.0. The van der Waals surface area contributed by atoms with Crippen molar-refractivity contribution in [1.29, 1.82) is 0 Å². The minimum absolute atomic E-state index is 0.0224. The second-order valence-corrected chi connectivity index (χ2v) is 17.2. The Labute approximate surface area is 327 Å². The fourth-order valence-corrected chi connectivity index (χ4v) is 9.81. The molecule has 3 N–H and O–H groups in total. The lowest BCUT2D eigenvalue weighted by Crippen LogP contribution is -2.58. The maximum absolute atomic E-state index is 14.4. The number of carbonyl (C=O) groups excluding carboxylic acids is 4. The Morgan fingerprint density at radius 2 is 1.80 bits per heavy atom. The number of aryl methyl sites for hydroxylation is 2. The minimum Gasteiger partial charge on any atom is -0.446 e. The average Bonchev–Trinajstić information content (AvgIpc) is 3.51. The molecule has 4 amide bonds. The van der Waals surface area contributed by atoms with E-state index in [1.807, 2.05) is 29.3 Å². The van der Waals surface area contributed by atoms with Crippen LogP contribution in [0.15, 0.2) is 45.8 Å². The summed E-state index contributed by atoms with van der Waals surface area (Å²) in [5.41, 5.74) is 0.941. The molecule has 0 spiro atoms. The summed E-state index contributed by atoms with van der Waals surface area (Å²) in [5.74, 6) is -2.47. The number of hydroxylamine groups is 2. The third kappa shape index (κ3) is 8.95. The van der Waals surface area contributed by atoms with Crippen LogP contribution >= 0.6 is 0 Å². The van der Waals surface area contributed by atoms with Gasteiger partial charge in [-0.05, 0) is 82.8 Å². The molecule has 4 heterocycles. The number of carbonyl (C=O) groups is 4. The van der Waals surface area contributed by atoms with Crippen LogP contribution in [0.3, 0.4) is 0 Å². The van der Waals surface area contributed by atoms with E-state index in [9.17, 15) is 27.6 Å². The highest BCUT2D eigenvalue weighted by Gasteiger charge is 2.62. The predicted molar refractivity (Wildman–Crippen MR) is 200 cm³/mol. The van der Waals surface area contributed by atoms with Crippen molar-refractivity contribution in [2.75, 3.05) is 19.9 Å². The van der Waals surface area contributed by atoms with Crippen LogP contribution in [0, 0.1) is 19.8 Å². The molecule has 1 saturated heterocycles. The van der Waals surface area contributed by atoms with E-state index in [1.54, 1.807) is 0 Å². The highest BCUT2D eigenvalue weighted by molar-refractivity contribution is 7.90. The van der Waals surface area contributed by atoms with Gasteiger partial charge in [0.1, 0.15) is 29.4 Å². The number of nitrogens with one attached hydrogen (secondary N) is 3. The summed E-state index contributed by atoms with van der Waals surface area (Å²) in [6, 6.07) is 6.11. The number of allylic oxidation sites excluding steroid dienone is 1. The highest BCUT2D eigenvalue weighted by atomic mass is 32.2. The van der Waals surface area contributed by atoms with E-state index in [0.717, 1.165) is 44.9 Å². The van der Waals surface area contributed by atoms with Gasteiger partial charge in [0.05, 0.1) is 6.10 Å². The molecular formula is C39H52N6O10S. The van der Waals surface area contributed by atoms with Gasteiger partial charge in [-0.3, -0.25) is 19.2 Å². The largest absolute Gasteiger partial charge is 0.446 e. The molecule has 16 nitrogen and oxygen atoms in total. The molecule has 3 fully saturated rings. The summed E-state index contributed by atoms with van der Waals surface area (Å²) < 4.78 is 45.8. The Morgan fingerprint density at radius 3 is 2.57 bits per heavy atom. The molecule has 2 aromatic rings. The van der Waals surface area contributed by atoms with Gasteiger partial charge in [0, 0.05) is 32.0 Å². The quantitative estimate of drug-likeness (QED) is 0.247. The molecule has 56 heavy (non-hydrogen) atoms. The average molecular weight is 797 g/mol. The van der Waals surface area contributed by atoms with Crippen molar-refractivity contribution in [3.05, 3.63) is 59.0 Å². The number of amides is 4. The Hall–Kier alpha value is -4.32. The maximum Gasteiger partial charge on any atom is 0.408 e. The monoisotopic (exact) mass is 796 g/mol. The first-order valence-electron chi connectivity index (χ1n) is 19.8. The molecule has 5 aliphatic rings. The van der Waals surface area contributed by atoms with Crippen LogP contribution in [0.2, 0.25) is 0 Å². The summed E-state index contributed by atoms with van der Waals surface area (Å²) in [6.07, 6.45) is 10.0. The number of hydrogen-bond acceptors (Lipinski definition) is 12. The lowest BCUT2D eigenvalue weighted by molar-refractivity contribution is -0.241. The summed E-state index contributed by atoms with van der Waals surface area (Å²) in [5, 5.41) is 11.2. The predicted octanol–water partition coefficient (Wildman–Crippen LogP) is 3.46. The van der Waals surface area contributed by atoms with Crippen LogP contribution in [-0.4, -0.2) is 97.1 Å². The van der Waals surface area contributed by atoms with Crippen LogP contribution in [0.4, 0.5) is 4.79 Å². The topological polar surface area (TPSA) is 199 Å². The van der Waals surface area contributed by atoms with E-state index >= 15 is 0 Å². The van der Waals surface area contributed by atoms with E-state index in [1.165, 1.54) is 29.9 Å². The molecule has 1 aromatic carbocycles.